The maximum Gasteiger partial charge on any atom is 0.245 e. The van der Waals surface area contributed by atoms with Gasteiger partial charge in [0.15, 0.2) is 0 Å². The lowest BCUT2D eigenvalue weighted by atomic mass is 10.1. The first-order chi connectivity index (χ1) is 8.19. The number of benzene rings is 1. The van der Waals surface area contributed by atoms with Crippen LogP contribution in [0, 0.1) is 0 Å². The molecule has 1 atom stereocenters. The van der Waals surface area contributed by atoms with Crippen molar-refractivity contribution in [1.82, 2.24) is 0 Å². The maximum absolute atomic E-state index is 12.1. The van der Waals surface area contributed by atoms with Gasteiger partial charge in [-0.3, -0.25) is 4.79 Å². The highest BCUT2D eigenvalue weighted by Gasteiger charge is 2.29. The zero-order valence-corrected chi connectivity index (χ0v) is 10.6. The predicted octanol–water partition coefficient (Wildman–Crippen LogP) is 2.09. The second kappa shape index (κ2) is 5.07. The summed E-state index contributed by atoms with van der Waals surface area (Å²) >= 11 is 6.00. The monoisotopic (exact) mass is 253 g/mol. The van der Waals surface area contributed by atoms with E-state index in [2.05, 4.69) is 0 Å². The largest absolute Gasteiger partial charge is 0.392 e. The van der Waals surface area contributed by atoms with Gasteiger partial charge in [0.1, 0.15) is 5.38 Å². The van der Waals surface area contributed by atoms with Crippen molar-refractivity contribution in [2.24, 2.45) is 0 Å². The summed E-state index contributed by atoms with van der Waals surface area (Å²) in [5.41, 5.74) is 2.88. The van der Waals surface area contributed by atoms with Gasteiger partial charge < -0.3 is 10.0 Å². The summed E-state index contributed by atoms with van der Waals surface area (Å²) in [6.45, 7) is 2.58. The molecular weight excluding hydrogens is 238 g/mol. The van der Waals surface area contributed by atoms with Gasteiger partial charge in [0.2, 0.25) is 5.91 Å². The number of anilines is 1. The van der Waals surface area contributed by atoms with E-state index in [0.717, 1.165) is 23.2 Å². The summed E-state index contributed by atoms with van der Waals surface area (Å²) in [5.74, 6) is -0.0389. The molecule has 0 saturated carbocycles. The van der Waals surface area contributed by atoms with Gasteiger partial charge in [0.25, 0.3) is 0 Å². The van der Waals surface area contributed by atoms with Crippen LogP contribution in [0.4, 0.5) is 5.69 Å². The quantitative estimate of drug-likeness (QED) is 0.838. The minimum absolute atomic E-state index is 0.0171. The first kappa shape index (κ1) is 12.4. The number of amides is 1. The zero-order valence-electron chi connectivity index (χ0n) is 9.82. The number of carbonyl (C=O) groups excluding carboxylic acids is 1. The van der Waals surface area contributed by atoms with Gasteiger partial charge in [-0.2, -0.15) is 0 Å². The van der Waals surface area contributed by atoms with Crippen LogP contribution in [0.1, 0.15) is 24.5 Å². The Labute approximate surface area is 106 Å². The molecule has 92 valence electrons. The van der Waals surface area contributed by atoms with E-state index in [0.29, 0.717) is 13.0 Å². The Balaban J connectivity index is 2.31. The van der Waals surface area contributed by atoms with E-state index in [4.69, 9.17) is 11.6 Å². The maximum atomic E-state index is 12.1. The number of aliphatic hydroxyl groups excluding tert-OH is 1. The smallest absolute Gasteiger partial charge is 0.245 e. The SMILES string of the molecule is CC[C@H](Cl)C(=O)N1CCc2c(CO)cccc21. The van der Waals surface area contributed by atoms with Crippen LogP contribution < -0.4 is 4.90 Å². The Morgan fingerprint density at radius 1 is 1.59 bits per heavy atom. The summed E-state index contributed by atoms with van der Waals surface area (Å²) in [5, 5.41) is 8.79. The summed E-state index contributed by atoms with van der Waals surface area (Å²) in [4.78, 5) is 13.8. The molecule has 0 aromatic heterocycles. The molecule has 1 amide bonds. The first-order valence-corrected chi connectivity index (χ1v) is 6.29. The van der Waals surface area contributed by atoms with Crippen molar-refractivity contribution in [3.05, 3.63) is 29.3 Å². The van der Waals surface area contributed by atoms with Crippen LogP contribution in [-0.4, -0.2) is 22.9 Å². The molecule has 0 saturated heterocycles. The molecular formula is C13H16ClNO2. The normalized spacial score (nSPS) is 15.8. The second-order valence-electron chi connectivity index (χ2n) is 4.19. The summed E-state index contributed by atoms with van der Waals surface area (Å²) < 4.78 is 0. The molecule has 0 radical (unpaired) electrons. The molecule has 0 spiro atoms. The van der Waals surface area contributed by atoms with E-state index in [9.17, 15) is 9.90 Å². The van der Waals surface area contributed by atoms with Crippen molar-refractivity contribution in [1.29, 1.82) is 0 Å². The first-order valence-electron chi connectivity index (χ1n) is 5.86. The van der Waals surface area contributed by atoms with Crippen molar-refractivity contribution < 1.29 is 9.90 Å². The number of hydrogen-bond donors (Lipinski definition) is 1. The van der Waals surface area contributed by atoms with Gasteiger partial charge >= 0.3 is 0 Å². The fourth-order valence-corrected chi connectivity index (χ4v) is 2.35. The number of halogens is 1. The van der Waals surface area contributed by atoms with Gasteiger partial charge in [-0.25, -0.2) is 0 Å². The Morgan fingerprint density at radius 3 is 3.00 bits per heavy atom. The molecule has 3 nitrogen and oxygen atoms in total. The number of hydrogen-bond acceptors (Lipinski definition) is 2. The van der Waals surface area contributed by atoms with E-state index < -0.39 is 5.38 Å². The Morgan fingerprint density at radius 2 is 2.35 bits per heavy atom. The molecule has 1 aliphatic rings. The Hall–Kier alpha value is -1.06. The fraction of sp³-hybridized carbons (Fsp3) is 0.462. The predicted molar refractivity (Wildman–Crippen MR) is 68.4 cm³/mol. The third-order valence-corrected chi connectivity index (χ3v) is 3.68. The van der Waals surface area contributed by atoms with Crippen molar-refractivity contribution >= 4 is 23.2 Å². The molecule has 0 fully saturated rings. The molecule has 1 aromatic carbocycles. The van der Waals surface area contributed by atoms with Gasteiger partial charge in [-0.1, -0.05) is 19.1 Å². The lowest BCUT2D eigenvalue weighted by molar-refractivity contribution is -0.118. The average molecular weight is 254 g/mol. The highest BCUT2D eigenvalue weighted by atomic mass is 35.5. The van der Waals surface area contributed by atoms with Crippen LogP contribution in [0.3, 0.4) is 0 Å². The molecule has 1 N–H and O–H groups in total. The van der Waals surface area contributed by atoms with Crippen LogP contribution in [0.2, 0.25) is 0 Å². The van der Waals surface area contributed by atoms with E-state index in [1.165, 1.54) is 0 Å². The topological polar surface area (TPSA) is 40.5 Å². The third-order valence-electron chi connectivity index (χ3n) is 3.19. The fourth-order valence-electron chi connectivity index (χ4n) is 2.23. The number of carbonyl (C=O) groups is 1. The van der Waals surface area contributed by atoms with E-state index in [1.807, 2.05) is 25.1 Å². The van der Waals surface area contributed by atoms with Gasteiger partial charge in [-0.05, 0) is 30.0 Å². The van der Waals surface area contributed by atoms with Gasteiger partial charge in [-0.15, -0.1) is 11.6 Å². The minimum Gasteiger partial charge on any atom is -0.392 e. The molecule has 1 heterocycles. The zero-order chi connectivity index (χ0) is 12.4. The van der Waals surface area contributed by atoms with Crippen LogP contribution in [0.15, 0.2) is 18.2 Å². The van der Waals surface area contributed by atoms with Crippen LogP contribution in [0.5, 0.6) is 0 Å². The summed E-state index contributed by atoms with van der Waals surface area (Å²) in [6, 6.07) is 5.68. The number of rotatable bonds is 3. The number of aliphatic hydroxyl groups is 1. The number of alkyl halides is 1. The van der Waals surface area contributed by atoms with Crippen molar-refractivity contribution in [3.63, 3.8) is 0 Å². The number of fused-ring (bicyclic) bond motifs is 1. The molecule has 1 aromatic rings. The minimum atomic E-state index is -0.460. The van der Waals surface area contributed by atoms with Gasteiger partial charge in [0, 0.05) is 12.2 Å². The molecule has 0 bridgehead atoms. The molecule has 2 rings (SSSR count). The Bertz CT molecular complexity index is 433. The molecule has 0 aliphatic carbocycles. The second-order valence-corrected chi connectivity index (χ2v) is 4.72. The third kappa shape index (κ3) is 2.17. The van der Waals surface area contributed by atoms with Gasteiger partial charge in [0.05, 0.1) is 6.61 Å². The van der Waals surface area contributed by atoms with E-state index in [1.54, 1.807) is 4.90 Å². The summed E-state index contributed by atoms with van der Waals surface area (Å²) in [6.07, 6.45) is 1.43. The highest BCUT2D eigenvalue weighted by molar-refractivity contribution is 6.32. The van der Waals surface area contributed by atoms with Crippen molar-refractivity contribution in [2.45, 2.75) is 31.7 Å². The van der Waals surface area contributed by atoms with E-state index in [-0.39, 0.29) is 12.5 Å². The molecule has 1 aliphatic heterocycles. The lowest BCUT2D eigenvalue weighted by Crippen LogP contribution is -2.35. The lowest BCUT2D eigenvalue weighted by Gasteiger charge is -2.20. The number of nitrogens with zero attached hydrogens (tertiary/aromatic N) is 1. The molecule has 17 heavy (non-hydrogen) atoms. The summed E-state index contributed by atoms with van der Waals surface area (Å²) in [7, 11) is 0. The van der Waals surface area contributed by atoms with Crippen LogP contribution >= 0.6 is 11.6 Å². The molecule has 0 unspecified atom stereocenters. The highest BCUT2D eigenvalue weighted by Crippen LogP contribution is 2.31. The van der Waals surface area contributed by atoms with E-state index >= 15 is 0 Å². The average Bonchev–Trinajstić information content (AvgIpc) is 2.80. The van der Waals surface area contributed by atoms with Crippen LogP contribution in [0.25, 0.3) is 0 Å². The molecule has 4 heteroatoms. The van der Waals surface area contributed by atoms with Crippen molar-refractivity contribution in [3.8, 4) is 0 Å². The Kier molecular flexibility index (Phi) is 3.69. The van der Waals surface area contributed by atoms with Crippen molar-refractivity contribution in [2.75, 3.05) is 11.4 Å². The standard InChI is InChI=1S/C13H16ClNO2/c1-2-11(14)13(17)15-7-6-10-9(8-16)4-3-5-12(10)15/h3-5,11,16H,2,6-8H2,1H3/t11-/m0/s1. The van der Waals surface area contributed by atoms with Crippen LogP contribution in [-0.2, 0) is 17.8 Å².